The third-order valence-electron chi connectivity index (χ3n) is 2.55. The minimum atomic E-state index is -0.277. The lowest BCUT2D eigenvalue weighted by atomic mass is 10.1. The van der Waals surface area contributed by atoms with Gasteiger partial charge in [0.1, 0.15) is 5.82 Å². The van der Waals surface area contributed by atoms with E-state index in [-0.39, 0.29) is 18.1 Å². The highest BCUT2D eigenvalue weighted by Gasteiger charge is 2.07. The van der Waals surface area contributed by atoms with Crippen molar-refractivity contribution in [1.82, 2.24) is 10.2 Å². The molecule has 0 saturated carbocycles. The summed E-state index contributed by atoms with van der Waals surface area (Å²) in [6.45, 7) is 1.85. The van der Waals surface area contributed by atoms with Crippen molar-refractivity contribution >= 4 is 11.7 Å². The van der Waals surface area contributed by atoms with Crippen molar-refractivity contribution in [2.24, 2.45) is 0 Å². The Labute approximate surface area is 104 Å². The SMILES string of the molecule is Cc1cc(NC(=O)CCc2ccccc2F)n[nH]1. The molecule has 0 atom stereocenters. The fourth-order valence-corrected chi connectivity index (χ4v) is 1.64. The van der Waals surface area contributed by atoms with Crippen molar-refractivity contribution in [2.45, 2.75) is 19.8 Å². The van der Waals surface area contributed by atoms with Crippen molar-refractivity contribution in [3.8, 4) is 0 Å². The lowest BCUT2D eigenvalue weighted by Crippen LogP contribution is -2.12. The largest absolute Gasteiger partial charge is 0.309 e. The maximum atomic E-state index is 13.3. The van der Waals surface area contributed by atoms with E-state index in [1.165, 1.54) is 6.07 Å². The summed E-state index contributed by atoms with van der Waals surface area (Å²) in [5.74, 6) is 0.0386. The van der Waals surface area contributed by atoms with E-state index in [0.29, 0.717) is 17.8 Å². The van der Waals surface area contributed by atoms with Crippen molar-refractivity contribution in [3.63, 3.8) is 0 Å². The molecule has 2 aromatic rings. The number of nitrogens with zero attached hydrogens (tertiary/aromatic N) is 1. The summed E-state index contributed by atoms with van der Waals surface area (Å²) in [4.78, 5) is 11.6. The van der Waals surface area contributed by atoms with Crippen LogP contribution in [0.15, 0.2) is 30.3 Å². The van der Waals surface area contributed by atoms with Gasteiger partial charge in [-0.05, 0) is 25.0 Å². The van der Waals surface area contributed by atoms with Crippen molar-refractivity contribution in [2.75, 3.05) is 5.32 Å². The Morgan fingerprint density at radius 1 is 1.44 bits per heavy atom. The van der Waals surface area contributed by atoms with Gasteiger partial charge in [0.25, 0.3) is 0 Å². The molecule has 18 heavy (non-hydrogen) atoms. The fraction of sp³-hybridized carbons (Fsp3) is 0.231. The van der Waals surface area contributed by atoms with Gasteiger partial charge in [-0.25, -0.2) is 4.39 Å². The summed E-state index contributed by atoms with van der Waals surface area (Å²) >= 11 is 0. The van der Waals surface area contributed by atoms with Gasteiger partial charge in [-0.15, -0.1) is 0 Å². The Morgan fingerprint density at radius 3 is 2.89 bits per heavy atom. The Morgan fingerprint density at radius 2 is 2.22 bits per heavy atom. The smallest absolute Gasteiger partial charge is 0.225 e. The van der Waals surface area contributed by atoms with E-state index < -0.39 is 0 Å². The molecule has 0 radical (unpaired) electrons. The van der Waals surface area contributed by atoms with Gasteiger partial charge >= 0.3 is 0 Å². The molecule has 0 saturated heterocycles. The van der Waals surface area contributed by atoms with Gasteiger partial charge in [0, 0.05) is 18.2 Å². The standard InChI is InChI=1S/C13H14FN3O/c1-9-8-12(17-16-9)15-13(18)7-6-10-4-2-3-5-11(10)14/h2-5,8H,6-7H2,1H3,(H2,15,16,17,18). The number of amides is 1. The molecule has 94 valence electrons. The molecule has 2 rings (SSSR count). The molecule has 0 fully saturated rings. The van der Waals surface area contributed by atoms with E-state index in [9.17, 15) is 9.18 Å². The molecular formula is C13H14FN3O. The molecule has 1 aromatic heterocycles. The highest BCUT2D eigenvalue weighted by atomic mass is 19.1. The van der Waals surface area contributed by atoms with Crippen LogP contribution in [0.4, 0.5) is 10.2 Å². The first-order valence-corrected chi connectivity index (χ1v) is 5.70. The molecule has 0 unspecified atom stereocenters. The van der Waals surface area contributed by atoms with Crippen LogP contribution in [0.1, 0.15) is 17.7 Å². The summed E-state index contributed by atoms with van der Waals surface area (Å²) in [5, 5.41) is 9.28. The van der Waals surface area contributed by atoms with E-state index in [1.54, 1.807) is 24.3 Å². The number of nitrogens with one attached hydrogen (secondary N) is 2. The minimum absolute atomic E-state index is 0.176. The van der Waals surface area contributed by atoms with Gasteiger partial charge < -0.3 is 5.32 Å². The van der Waals surface area contributed by atoms with Crippen molar-refractivity contribution < 1.29 is 9.18 Å². The zero-order valence-electron chi connectivity index (χ0n) is 10.0. The number of aromatic amines is 1. The zero-order valence-corrected chi connectivity index (χ0v) is 10.0. The Bertz CT molecular complexity index is 551. The van der Waals surface area contributed by atoms with Gasteiger partial charge in [-0.2, -0.15) is 5.10 Å². The van der Waals surface area contributed by atoms with Crippen LogP contribution in [0.25, 0.3) is 0 Å². The summed E-state index contributed by atoms with van der Waals surface area (Å²) in [5.41, 5.74) is 1.42. The van der Waals surface area contributed by atoms with Crippen molar-refractivity contribution in [3.05, 3.63) is 47.4 Å². The van der Waals surface area contributed by atoms with Crippen LogP contribution >= 0.6 is 0 Å². The highest BCUT2D eigenvalue weighted by molar-refractivity contribution is 5.89. The van der Waals surface area contributed by atoms with Gasteiger partial charge in [0.15, 0.2) is 5.82 Å². The molecule has 0 aliphatic heterocycles. The van der Waals surface area contributed by atoms with Crippen LogP contribution in [-0.4, -0.2) is 16.1 Å². The van der Waals surface area contributed by atoms with Gasteiger partial charge in [-0.3, -0.25) is 9.89 Å². The lowest BCUT2D eigenvalue weighted by Gasteiger charge is -2.03. The number of carbonyl (C=O) groups excluding carboxylic acids is 1. The van der Waals surface area contributed by atoms with E-state index in [2.05, 4.69) is 15.5 Å². The Balaban J connectivity index is 1.87. The van der Waals surface area contributed by atoms with Crippen LogP contribution in [0.5, 0.6) is 0 Å². The quantitative estimate of drug-likeness (QED) is 0.871. The van der Waals surface area contributed by atoms with E-state index >= 15 is 0 Å². The third kappa shape index (κ3) is 3.16. The number of halogens is 1. The first-order valence-electron chi connectivity index (χ1n) is 5.70. The topological polar surface area (TPSA) is 57.8 Å². The van der Waals surface area contributed by atoms with E-state index in [1.807, 2.05) is 6.92 Å². The number of carbonyl (C=O) groups is 1. The van der Waals surface area contributed by atoms with Crippen LogP contribution in [0.3, 0.4) is 0 Å². The van der Waals surface area contributed by atoms with Gasteiger partial charge in [0.05, 0.1) is 0 Å². The predicted molar refractivity (Wildman–Crippen MR) is 66.7 cm³/mol. The summed E-state index contributed by atoms with van der Waals surface area (Å²) in [7, 11) is 0. The number of rotatable bonds is 4. The third-order valence-corrected chi connectivity index (χ3v) is 2.55. The summed E-state index contributed by atoms with van der Waals surface area (Å²) < 4.78 is 13.3. The second-order valence-corrected chi connectivity index (χ2v) is 4.08. The lowest BCUT2D eigenvalue weighted by molar-refractivity contribution is -0.116. The maximum Gasteiger partial charge on any atom is 0.225 e. The molecule has 0 aliphatic carbocycles. The Hall–Kier alpha value is -2.17. The summed E-state index contributed by atoms with van der Waals surface area (Å²) in [6, 6.07) is 8.20. The monoisotopic (exact) mass is 247 g/mol. The fourth-order valence-electron chi connectivity index (χ4n) is 1.64. The molecule has 0 aliphatic rings. The number of anilines is 1. The van der Waals surface area contributed by atoms with Crippen LogP contribution in [0.2, 0.25) is 0 Å². The number of benzene rings is 1. The molecule has 5 heteroatoms. The second kappa shape index (κ2) is 5.44. The molecule has 0 bridgehead atoms. The predicted octanol–water partition coefficient (Wildman–Crippen LogP) is 2.43. The van der Waals surface area contributed by atoms with Crippen LogP contribution in [-0.2, 0) is 11.2 Å². The second-order valence-electron chi connectivity index (χ2n) is 4.08. The number of aryl methyl sites for hydroxylation is 2. The van der Waals surface area contributed by atoms with Gasteiger partial charge in [0.2, 0.25) is 5.91 Å². The minimum Gasteiger partial charge on any atom is -0.309 e. The van der Waals surface area contributed by atoms with Crippen molar-refractivity contribution in [1.29, 1.82) is 0 Å². The highest BCUT2D eigenvalue weighted by Crippen LogP contribution is 2.10. The van der Waals surface area contributed by atoms with Gasteiger partial charge in [-0.1, -0.05) is 18.2 Å². The van der Waals surface area contributed by atoms with Crippen LogP contribution in [0, 0.1) is 12.7 Å². The average molecular weight is 247 g/mol. The first-order chi connectivity index (χ1) is 8.65. The number of hydrogen-bond acceptors (Lipinski definition) is 2. The van der Waals surface area contributed by atoms with E-state index in [4.69, 9.17) is 0 Å². The van der Waals surface area contributed by atoms with Crippen LogP contribution < -0.4 is 5.32 Å². The zero-order chi connectivity index (χ0) is 13.0. The maximum absolute atomic E-state index is 13.3. The molecular weight excluding hydrogens is 233 g/mol. The first kappa shape index (κ1) is 12.3. The molecule has 1 aromatic carbocycles. The average Bonchev–Trinajstić information content (AvgIpc) is 2.74. The normalized spacial score (nSPS) is 10.3. The Kier molecular flexibility index (Phi) is 3.72. The van der Waals surface area contributed by atoms with E-state index in [0.717, 1.165) is 5.69 Å². The molecule has 4 nitrogen and oxygen atoms in total. The molecule has 1 heterocycles. The molecule has 1 amide bonds. The number of hydrogen-bond donors (Lipinski definition) is 2. The number of H-pyrrole nitrogens is 1. The molecule has 0 spiro atoms. The molecule has 2 N–H and O–H groups in total. The number of aromatic nitrogens is 2. The summed E-state index contributed by atoms with van der Waals surface area (Å²) in [6.07, 6.45) is 0.606.